The Labute approximate surface area is 411 Å². The smallest absolute Gasteiger partial charge is 0.308 e. The lowest BCUT2D eigenvalue weighted by atomic mass is 9.90. The molecular weight excluding hydrogens is 844 g/mol. The number of esters is 2. The lowest BCUT2D eigenvalue weighted by Gasteiger charge is -2.23. The average Bonchev–Trinajstić information content (AvgIpc) is 3.32. The number of unbranched alkanes of at least 4 members (excludes halogenated alkanes) is 22. The maximum Gasteiger partial charge on any atom is 0.308 e. The highest BCUT2D eigenvalue weighted by atomic mass is 35.5. The number of nitrogens with one attached hydrogen (secondary N) is 1. The van der Waals surface area contributed by atoms with Gasteiger partial charge in [0.25, 0.3) is 5.91 Å². The van der Waals surface area contributed by atoms with Gasteiger partial charge in [-0.05, 0) is 83.0 Å². The van der Waals surface area contributed by atoms with Crippen LogP contribution in [0.25, 0.3) is 0 Å². The third-order valence-corrected chi connectivity index (χ3v) is 13.8. The Bertz CT molecular complexity index is 1270. The number of carbonyl (C=O) groups is 3. The monoisotopic (exact) mass is 947 g/mol. The summed E-state index contributed by atoms with van der Waals surface area (Å²) in [7, 11) is 0. The lowest BCUT2D eigenvalue weighted by molar-refractivity contribution is -0.149. The summed E-state index contributed by atoms with van der Waals surface area (Å²) < 4.78 is 11.5. The molecule has 0 aliphatic rings. The molecule has 0 aliphatic carbocycles. The third-order valence-electron chi connectivity index (χ3n) is 13.5. The van der Waals surface area contributed by atoms with Crippen LogP contribution < -0.4 is 5.32 Å². The van der Waals surface area contributed by atoms with Crippen molar-refractivity contribution in [3.63, 3.8) is 0 Å². The molecule has 1 aromatic rings. The highest BCUT2D eigenvalue weighted by molar-refractivity contribution is 6.31. The van der Waals surface area contributed by atoms with Gasteiger partial charge in [-0.15, -0.1) is 0 Å². The van der Waals surface area contributed by atoms with Gasteiger partial charge in [0.05, 0.1) is 19.1 Å². The molecule has 384 valence electrons. The second-order valence-electron chi connectivity index (χ2n) is 19.5. The van der Waals surface area contributed by atoms with Gasteiger partial charge in [-0.25, -0.2) is 0 Å². The minimum Gasteiger partial charge on any atom is -0.466 e. The molecule has 0 fully saturated rings. The third kappa shape index (κ3) is 35.0. The van der Waals surface area contributed by atoms with E-state index < -0.39 is 12.0 Å². The zero-order valence-corrected chi connectivity index (χ0v) is 44.1. The first-order valence-electron chi connectivity index (χ1n) is 28.0. The predicted molar refractivity (Wildman–Crippen MR) is 279 cm³/mol. The summed E-state index contributed by atoms with van der Waals surface area (Å²) in [5.74, 6) is 0.302. The SMILES string of the molecule is CCCCCCCCC(CCCCCC)C(=O)OCCCCCCCN(CCCCCCCOC(=O)CCC(CCCCCC)CCCCCC)CCCNC(=O)C(O)c1ccccc1Cl. The van der Waals surface area contributed by atoms with Crippen molar-refractivity contribution < 1.29 is 29.0 Å². The Morgan fingerprint density at radius 1 is 0.545 bits per heavy atom. The van der Waals surface area contributed by atoms with Crippen LogP contribution in [0, 0.1) is 11.8 Å². The number of amides is 1. The van der Waals surface area contributed by atoms with Crippen molar-refractivity contribution in [3.8, 4) is 0 Å². The number of benzene rings is 1. The zero-order chi connectivity index (χ0) is 48.1. The van der Waals surface area contributed by atoms with Crippen LogP contribution in [0.15, 0.2) is 24.3 Å². The van der Waals surface area contributed by atoms with E-state index in [2.05, 4.69) is 37.9 Å². The standard InChI is InChI=1S/C57H103ClN2O6/c1-5-9-13-17-20-28-39-51(38-27-16-12-8-4)57(64)66-49-34-24-19-22-32-46-60(47-35-44-59-56(63)55(62)52-40-29-30-41-53(52)58)45-31-21-18-23-33-48-65-54(61)43-42-50(36-25-14-10-6-2)37-26-15-11-7-3/h29-30,40-41,50-51,55,62H,5-28,31-39,42-49H2,1-4H3,(H,59,63). The molecule has 1 rings (SSSR count). The van der Waals surface area contributed by atoms with Gasteiger partial charge in [0.15, 0.2) is 6.10 Å². The molecule has 0 saturated carbocycles. The first-order valence-corrected chi connectivity index (χ1v) is 28.4. The Morgan fingerprint density at radius 3 is 1.53 bits per heavy atom. The van der Waals surface area contributed by atoms with Crippen molar-refractivity contribution in [2.45, 2.75) is 259 Å². The molecule has 66 heavy (non-hydrogen) atoms. The average molecular weight is 948 g/mol. The molecule has 1 amide bonds. The number of hydrogen-bond donors (Lipinski definition) is 2. The molecular formula is C57H103ClN2O6. The molecule has 2 N–H and O–H groups in total. The molecule has 2 atom stereocenters. The Hall–Kier alpha value is -2.16. The molecule has 0 bridgehead atoms. The summed E-state index contributed by atoms with van der Waals surface area (Å²) >= 11 is 6.22. The minimum absolute atomic E-state index is 0.0218. The summed E-state index contributed by atoms with van der Waals surface area (Å²) in [5, 5.41) is 13.9. The van der Waals surface area contributed by atoms with E-state index in [-0.39, 0.29) is 17.9 Å². The van der Waals surface area contributed by atoms with Gasteiger partial charge in [-0.3, -0.25) is 14.4 Å². The van der Waals surface area contributed by atoms with Gasteiger partial charge in [-0.1, -0.05) is 224 Å². The number of aliphatic hydroxyl groups is 1. The summed E-state index contributed by atoms with van der Waals surface area (Å²) in [6.07, 6.45) is 38.8. The van der Waals surface area contributed by atoms with E-state index in [0.717, 1.165) is 122 Å². The topological polar surface area (TPSA) is 105 Å². The maximum absolute atomic E-state index is 13.1. The van der Waals surface area contributed by atoms with Gasteiger partial charge in [0.1, 0.15) is 0 Å². The number of carbonyl (C=O) groups excluding carboxylic acids is 3. The largest absolute Gasteiger partial charge is 0.466 e. The van der Waals surface area contributed by atoms with Crippen molar-refractivity contribution in [1.29, 1.82) is 0 Å². The molecule has 1 aromatic carbocycles. The van der Waals surface area contributed by atoms with Crippen LogP contribution in [0.2, 0.25) is 5.02 Å². The Balaban J connectivity index is 2.46. The molecule has 9 heteroatoms. The Kier molecular flexibility index (Phi) is 42.4. The quantitative estimate of drug-likeness (QED) is 0.0495. The van der Waals surface area contributed by atoms with Crippen LogP contribution in [0.3, 0.4) is 0 Å². The van der Waals surface area contributed by atoms with Crippen LogP contribution in [0.1, 0.15) is 264 Å². The molecule has 0 spiro atoms. The van der Waals surface area contributed by atoms with Crippen molar-refractivity contribution >= 4 is 29.4 Å². The van der Waals surface area contributed by atoms with Gasteiger partial charge >= 0.3 is 11.9 Å². The first kappa shape index (κ1) is 61.9. The molecule has 0 aliphatic heterocycles. The highest BCUT2D eigenvalue weighted by Crippen LogP contribution is 2.25. The summed E-state index contributed by atoms with van der Waals surface area (Å²) in [6.45, 7) is 13.5. The highest BCUT2D eigenvalue weighted by Gasteiger charge is 2.21. The summed E-state index contributed by atoms with van der Waals surface area (Å²) in [6, 6.07) is 6.92. The van der Waals surface area contributed by atoms with Gasteiger partial charge < -0.3 is 24.8 Å². The fourth-order valence-corrected chi connectivity index (χ4v) is 9.35. The molecule has 0 saturated heterocycles. The van der Waals surface area contributed by atoms with Crippen molar-refractivity contribution in [2.24, 2.45) is 11.8 Å². The van der Waals surface area contributed by atoms with E-state index in [1.54, 1.807) is 24.3 Å². The molecule has 0 aromatic heterocycles. The first-order chi connectivity index (χ1) is 32.3. The van der Waals surface area contributed by atoms with Crippen molar-refractivity contribution in [3.05, 3.63) is 34.9 Å². The number of hydrogen-bond acceptors (Lipinski definition) is 7. The Morgan fingerprint density at radius 2 is 0.985 bits per heavy atom. The summed E-state index contributed by atoms with van der Waals surface area (Å²) in [5.41, 5.74) is 0.422. The number of aliphatic hydroxyl groups excluding tert-OH is 1. The minimum atomic E-state index is -1.29. The predicted octanol–water partition coefficient (Wildman–Crippen LogP) is 15.8. The lowest BCUT2D eigenvalue weighted by Crippen LogP contribution is -2.33. The van der Waals surface area contributed by atoms with Gasteiger partial charge in [-0.2, -0.15) is 0 Å². The summed E-state index contributed by atoms with van der Waals surface area (Å²) in [4.78, 5) is 40.9. The van der Waals surface area contributed by atoms with Crippen LogP contribution in [0.4, 0.5) is 0 Å². The maximum atomic E-state index is 13.1. The van der Waals surface area contributed by atoms with Crippen molar-refractivity contribution in [1.82, 2.24) is 10.2 Å². The normalized spacial score (nSPS) is 12.5. The second kappa shape index (κ2) is 45.3. The van der Waals surface area contributed by atoms with Crippen LogP contribution in [-0.2, 0) is 23.9 Å². The molecule has 8 nitrogen and oxygen atoms in total. The second-order valence-corrected chi connectivity index (χ2v) is 19.9. The molecule has 0 radical (unpaired) electrons. The van der Waals surface area contributed by atoms with Crippen molar-refractivity contribution in [2.75, 3.05) is 39.4 Å². The van der Waals surface area contributed by atoms with Crippen LogP contribution in [-0.4, -0.2) is 67.2 Å². The fraction of sp³-hybridized carbons (Fsp3) is 0.842. The van der Waals surface area contributed by atoms with E-state index in [0.29, 0.717) is 42.7 Å². The number of ether oxygens (including phenoxy) is 2. The number of rotatable bonds is 48. The number of halogens is 1. The molecule has 0 heterocycles. The van der Waals surface area contributed by atoms with Gasteiger partial charge in [0.2, 0.25) is 0 Å². The molecule has 2 unspecified atom stereocenters. The van der Waals surface area contributed by atoms with E-state index in [1.807, 2.05) is 0 Å². The van der Waals surface area contributed by atoms with E-state index in [4.69, 9.17) is 21.1 Å². The number of nitrogens with zero attached hydrogens (tertiary/aromatic N) is 1. The fourth-order valence-electron chi connectivity index (χ4n) is 9.11. The van der Waals surface area contributed by atoms with E-state index in [9.17, 15) is 19.5 Å². The van der Waals surface area contributed by atoms with E-state index in [1.165, 1.54) is 116 Å². The van der Waals surface area contributed by atoms with E-state index >= 15 is 0 Å². The van der Waals surface area contributed by atoms with Crippen LogP contribution in [0.5, 0.6) is 0 Å². The van der Waals surface area contributed by atoms with Gasteiger partial charge in [0, 0.05) is 23.6 Å². The van der Waals surface area contributed by atoms with Crippen LogP contribution >= 0.6 is 11.6 Å². The zero-order valence-electron chi connectivity index (χ0n) is 43.3.